The van der Waals surface area contributed by atoms with Crippen molar-refractivity contribution in [2.45, 2.75) is 31.4 Å². The molecular weight excluding hydrogens is 262 g/mol. The number of benzene rings is 1. The molecule has 108 valence electrons. The van der Waals surface area contributed by atoms with Crippen LogP contribution in [-0.2, 0) is 4.74 Å². The van der Waals surface area contributed by atoms with Crippen LogP contribution in [0.3, 0.4) is 0 Å². The molecule has 0 aromatic heterocycles. The van der Waals surface area contributed by atoms with Crippen LogP contribution in [0.2, 0.25) is 0 Å². The van der Waals surface area contributed by atoms with Gasteiger partial charge in [0.15, 0.2) is 0 Å². The summed E-state index contributed by atoms with van der Waals surface area (Å²) in [6.45, 7) is 0. The normalized spacial score (nSPS) is 21.6. The quantitative estimate of drug-likeness (QED) is 0.629. The van der Waals surface area contributed by atoms with Gasteiger partial charge in [0.1, 0.15) is 5.69 Å². The van der Waals surface area contributed by atoms with Crippen LogP contribution in [0.5, 0.6) is 0 Å². The number of nitro groups is 1. The van der Waals surface area contributed by atoms with Crippen LogP contribution in [-0.4, -0.2) is 30.1 Å². The van der Waals surface area contributed by atoms with Gasteiger partial charge in [-0.1, -0.05) is 0 Å². The number of hydrogen-bond acceptors (Lipinski definition) is 5. The lowest BCUT2D eigenvalue weighted by Crippen LogP contribution is -2.19. The van der Waals surface area contributed by atoms with Crippen molar-refractivity contribution in [3.63, 3.8) is 0 Å². The average Bonchev–Trinajstić information content (AvgIpc) is 2.86. The predicted octanol–water partition coefficient (Wildman–Crippen LogP) is 1.67. The van der Waals surface area contributed by atoms with E-state index >= 15 is 0 Å². The van der Waals surface area contributed by atoms with Crippen LogP contribution in [0, 0.1) is 10.1 Å². The molecule has 3 N–H and O–H groups in total. The van der Waals surface area contributed by atoms with Crippen molar-refractivity contribution >= 4 is 17.3 Å². The van der Waals surface area contributed by atoms with Gasteiger partial charge >= 0.3 is 0 Å². The van der Waals surface area contributed by atoms with Crippen molar-refractivity contribution in [3.8, 4) is 0 Å². The number of nitrogens with zero attached hydrogens (tertiary/aromatic N) is 1. The van der Waals surface area contributed by atoms with E-state index in [0.29, 0.717) is 5.69 Å². The van der Waals surface area contributed by atoms with Gasteiger partial charge in [-0.15, -0.1) is 0 Å². The first-order valence-corrected chi connectivity index (χ1v) is 6.39. The summed E-state index contributed by atoms with van der Waals surface area (Å²) < 4.78 is 5.27. The van der Waals surface area contributed by atoms with Crippen molar-refractivity contribution in [3.05, 3.63) is 33.9 Å². The molecule has 2 rings (SSSR count). The second-order valence-corrected chi connectivity index (χ2v) is 4.87. The molecule has 1 aliphatic carbocycles. The third-order valence-electron chi connectivity index (χ3n) is 3.56. The van der Waals surface area contributed by atoms with E-state index in [1.165, 1.54) is 18.2 Å². The molecular formula is C13H17N3O4. The highest BCUT2D eigenvalue weighted by Crippen LogP contribution is 2.30. The van der Waals surface area contributed by atoms with Gasteiger partial charge in [0.05, 0.1) is 11.0 Å². The molecule has 0 aliphatic heterocycles. The van der Waals surface area contributed by atoms with Gasteiger partial charge in [0.2, 0.25) is 5.91 Å². The zero-order chi connectivity index (χ0) is 14.7. The van der Waals surface area contributed by atoms with E-state index < -0.39 is 10.8 Å². The van der Waals surface area contributed by atoms with E-state index in [4.69, 9.17) is 10.5 Å². The first-order valence-electron chi connectivity index (χ1n) is 6.39. The first kappa shape index (κ1) is 14.3. The number of methoxy groups -OCH3 is 1. The lowest BCUT2D eigenvalue weighted by Gasteiger charge is -2.15. The molecule has 1 aliphatic rings. The number of carbonyl (C=O) groups excluding carboxylic acids is 1. The van der Waals surface area contributed by atoms with Gasteiger partial charge in [-0.2, -0.15) is 0 Å². The minimum absolute atomic E-state index is 0.0594. The minimum Gasteiger partial charge on any atom is -0.381 e. The van der Waals surface area contributed by atoms with Crippen molar-refractivity contribution in [2.24, 2.45) is 5.73 Å². The van der Waals surface area contributed by atoms with Gasteiger partial charge in [0.25, 0.3) is 5.69 Å². The van der Waals surface area contributed by atoms with Gasteiger partial charge < -0.3 is 15.8 Å². The van der Waals surface area contributed by atoms with Crippen molar-refractivity contribution in [2.75, 3.05) is 12.4 Å². The summed E-state index contributed by atoms with van der Waals surface area (Å²) in [6.07, 6.45) is 2.74. The summed E-state index contributed by atoms with van der Waals surface area (Å²) >= 11 is 0. The van der Waals surface area contributed by atoms with Crippen LogP contribution in [0.25, 0.3) is 0 Å². The van der Waals surface area contributed by atoms with E-state index in [9.17, 15) is 14.9 Å². The predicted molar refractivity (Wildman–Crippen MR) is 73.7 cm³/mol. The maximum Gasteiger partial charge on any atom is 0.292 e. The van der Waals surface area contributed by atoms with Crippen LogP contribution in [0.15, 0.2) is 18.2 Å². The summed E-state index contributed by atoms with van der Waals surface area (Å²) in [5, 5.41) is 14.1. The molecule has 0 saturated heterocycles. The topological polar surface area (TPSA) is 107 Å². The van der Waals surface area contributed by atoms with E-state index in [-0.39, 0.29) is 23.4 Å². The second kappa shape index (κ2) is 5.87. The van der Waals surface area contributed by atoms with E-state index in [1.54, 1.807) is 7.11 Å². The highest BCUT2D eigenvalue weighted by molar-refractivity contribution is 5.94. The summed E-state index contributed by atoms with van der Waals surface area (Å²) in [4.78, 5) is 21.7. The van der Waals surface area contributed by atoms with Gasteiger partial charge in [-0.3, -0.25) is 14.9 Å². The maximum atomic E-state index is 11.2. The Morgan fingerprint density at radius 1 is 1.50 bits per heavy atom. The van der Waals surface area contributed by atoms with Crippen LogP contribution in [0.4, 0.5) is 11.4 Å². The average molecular weight is 279 g/mol. The Hall–Kier alpha value is -2.15. The minimum atomic E-state index is -0.607. The molecule has 1 aromatic rings. The Labute approximate surface area is 116 Å². The molecule has 1 aromatic carbocycles. The Morgan fingerprint density at radius 2 is 2.25 bits per heavy atom. The molecule has 2 unspecified atom stereocenters. The van der Waals surface area contributed by atoms with Crippen LogP contribution in [0.1, 0.15) is 29.6 Å². The summed E-state index contributed by atoms with van der Waals surface area (Å²) in [5.41, 5.74) is 5.72. The van der Waals surface area contributed by atoms with E-state index in [2.05, 4.69) is 5.32 Å². The third-order valence-corrected chi connectivity index (χ3v) is 3.56. The molecule has 1 fully saturated rings. The SMILES string of the molecule is COC1CCC(Nc2cc(C(N)=O)ccc2[N+](=O)[O-])C1. The fourth-order valence-corrected chi connectivity index (χ4v) is 2.47. The number of hydrogen-bond donors (Lipinski definition) is 2. The lowest BCUT2D eigenvalue weighted by molar-refractivity contribution is -0.384. The Balaban J connectivity index is 2.22. The van der Waals surface area contributed by atoms with E-state index in [1.807, 2.05) is 0 Å². The molecule has 0 heterocycles. The Morgan fingerprint density at radius 3 is 2.80 bits per heavy atom. The number of nitrogens with one attached hydrogen (secondary N) is 1. The molecule has 2 atom stereocenters. The molecule has 0 bridgehead atoms. The molecule has 1 saturated carbocycles. The molecule has 1 amide bonds. The maximum absolute atomic E-state index is 11.2. The number of nitrogens with two attached hydrogens (primary N) is 1. The number of anilines is 1. The Kier molecular flexibility index (Phi) is 4.19. The standard InChI is InChI=1S/C13H17N3O4/c1-20-10-4-3-9(7-10)15-11-6-8(13(14)17)2-5-12(11)16(18)19/h2,5-6,9-10,15H,3-4,7H2,1H3,(H2,14,17). The molecule has 0 spiro atoms. The zero-order valence-electron chi connectivity index (χ0n) is 11.2. The number of nitro benzene ring substituents is 1. The smallest absolute Gasteiger partial charge is 0.292 e. The zero-order valence-corrected chi connectivity index (χ0v) is 11.2. The highest BCUT2D eigenvalue weighted by atomic mass is 16.6. The largest absolute Gasteiger partial charge is 0.381 e. The number of ether oxygens (including phenoxy) is 1. The van der Waals surface area contributed by atoms with Crippen molar-refractivity contribution < 1.29 is 14.5 Å². The number of carbonyl (C=O) groups is 1. The van der Waals surface area contributed by atoms with Crippen molar-refractivity contribution in [1.82, 2.24) is 0 Å². The fraction of sp³-hybridized carbons (Fsp3) is 0.462. The molecule has 7 nitrogen and oxygen atoms in total. The number of rotatable bonds is 5. The fourth-order valence-electron chi connectivity index (χ4n) is 2.47. The number of amides is 1. The third kappa shape index (κ3) is 3.05. The summed E-state index contributed by atoms with van der Waals surface area (Å²) in [5.74, 6) is -0.607. The first-order chi connectivity index (χ1) is 9.51. The lowest BCUT2D eigenvalue weighted by atomic mass is 10.1. The second-order valence-electron chi connectivity index (χ2n) is 4.87. The summed E-state index contributed by atoms with van der Waals surface area (Å²) in [6, 6.07) is 4.19. The van der Waals surface area contributed by atoms with Gasteiger partial charge in [-0.25, -0.2) is 0 Å². The Bertz CT molecular complexity index is 532. The summed E-state index contributed by atoms with van der Waals surface area (Å²) in [7, 11) is 1.66. The molecule has 20 heavy (non-hydrogen) atoms. The van der Waals surface area contributed by atoms with Crippen LogP contribution >= 0.6 is 0 Å². The van der Waals surface area contributed by atoms with E-state index in [0.717, 1.165) is 19.3 Å². The highest BCUT2D eigenvalue weighted by Gasteiger charge is 2.26. The monoisotopic (exact) mass is 279 g/mol. The van der Waals surface area contributed by atoms with Crippen LogP contribution < -0.4 is 11.1 Å². The van der Waals surface area contributed by atoms with Crippen molar-refractivity contribution in [1.29, 1.82) is 0 Å². The molecule has 0 radical (unpaired) electrons. The van der Waals surface area contributed by atoms with Gasteiger partial charge in [-0.05, 0) is 31.4 Å². The van der Waals surface area contributed by atoms with Gasteiger partial charge in [0, 0.05) is 24.8 Å². The molecule has 7 heteroatoms. The number of primary amides is 1.